The molecule has 8 heteroatoms. The maximum absolute atomic E-state index is 12.1. The minimum atomic E-state index is -0.566. The number of ether oxygens (including phenoxy) is 1. The fraction of sp³-hybridized carbons (Fsp3) is 0.118. The highest BCUT2D eigenvalue weighted by Gasteiger charge is 2.13. The second-order valence-electron chi connectivity index (χ2n) is 4.87. The molecule has 2 aromatic rings. The van der Waals surface area contributed by atoms with Crippen molar-refractivity contribution in [3.63, 3.8) is 0 Å². The number of hydrazine groups is 1. The van der Waals surface area contributed by atoms with Crippen LogP contribution in [0.2, 0.25) is 0 Å². The Morgan fingerprint density at radius 3 is 2.24 bits per heavy atom. The van der Waals surface area contributed by atoms with E-state index in [1.165, 1.54) is 7.11 Å². The first-order valence-corrected chi connectivity index (χ1v) is 8.07. The van der Waals surface area contributed by atoms with Crippen molar-refractivity contribution in [2.45, 2.75) is 0 Å². The minimum Gasteiger partial charge on any atom is -0.496 e. The molecule has 0 atom stereocenters. The van der Waals surface area contributed by atoms with E-state index in [-0.39, 0.29) is 6.54 Å². The molecule has 0 saturated carbocycles. The number of methoxy groups -OCH3 is 1. The lowest BCUT2D eigenvalue weighted by Crippen LogP contribution is -2.46. The SMILES string of the molecule is COc1ccccc1C(=O)NCC(=O)NNC(=O)c1ccccc1Br. The summed E-state index contributed by atoms with van der Waals surface area (Å²) < 4.78 is 5.69. The molecule has 3 amide bonds. The fourth-order valence-corrected chi connectivity index (χ4v) is 2.44. The Bertz CT molecular complexity index is 795. The summed E-state index contributed by atoms with van der Waals surface area (Å²) in [5.74, 6) is -1.09. The van der Waals surface area contributed by atoms with Crippen LogP contribution in [0, 0.1) is 0 Å². The van der Waals surface area contributed by atoms with Crippen molar-refractivity contribution in [1.29, 1.82) is 0 Å². The molecule has 7 nitrogen and oxygen atoms in total. The molecule has 0 bridgehead atoms. The van der Waals surface area contributed by atoms with Gasteiger partial charge in [0.1, 0.15) is 5.75 Å². The second kappa shape index (κ2) is 8.84. The van der Waals surface area contributed by atoms with Gasteiger partial charge in [-0.2, -0.15) is 0 Å². The van der Waals surface area contributed by atoms with E-state index in [1.54, 1.807) is 48.5 Å². The van der Waals surface area contributed by atoms with Crippen LogP contribution < -0.4 is 20.9 Å². The average Bonchev–Trinajstić information content (AvgIpc) is 2.64. The molecule has 0 aliphatic rings. The molecule has 0 heterocycles. The summed E-state index contributed by atoms with van der Waals surface area (Å²) in [6.07, 6.45) is 0. The molecule has 2 aromatic carbocycles. The first kappa shape index (κ1) is 18.5. The number of para-hydroxylation sites is 1. The van der Waals surface area contributed by atoms with Crippen molar-refractivity contribution >= 4 is 33.7 Å². The predicted octanol–water partition coefficient (Wildman–Crippen LogP) is 1.65. The van der Waals surface area contributed by atoms with Gasteiger partial charge in [-0.15, -0.1) is 0 Å². The summed E-state index contributed by atoms with van der Waals surface area (Å²) in [4.78, 5) is 35.8. The number of hydrogen-bond acceptors (Lipinski definition) is 4. The lowest BCUT2D eigenvalue weighted by atomic mass is 10.2. The third-order valence-corrected chi connectivity index (χ3v) is 3.89. The van der Waals surface area contributed by atoms with Gasteiger partial charge in [-0.05, 0) is 40.2 Å². The monoisotopic (exact) mass is 405 g/mol. The molecule has 0 aliphatic heterocycles. The molecule has 3 N–H and O–H groups in total. The van der Waals surface area contributed by atoms with Crippen LogP contribution >= 0.6 is 15.9 Å². The summed E-state index contributed by atoms with van der Waals surface area (Å²) in [6.45, 7) is -0.298. The Hall–Kier alpha value is -2.87. The van der Waals surface area contributed by atoms with Crippen LogP contribution in [0.15, 0.2) is 53.0 Å². The molecule has 0 spiro atoms. The highest BCUT2D eigenvalue weighted by atomic mass is 79.9. The number of amides is 3. The van der Waals surface area contributed by atoms with Gasteiger partial charge in [-0.3, -0.25) is 25.2 Å². The Morgan fingerprint density at radius 2 is 1.56 bits per heavy atom. The zero-order valence-electron chi connectivity index (χ0n) is 13.3. The zero-order valence-corrected chi connectivity index (χ0v) is 14.9. The van der Waals surface area contributed by atoms with Gasteiger partial charge < -0.3 is 10.1 Å². The summed E-state index contributed by atoms with van der Waals surface area (Å²) >= 11 is 3.25. The topological polar surface area (TPSA) is 96.5 Å². The van der Waals surface area contributed by atoms with Crippen LogP contribution in [0.4, 0.5) is 0 Å². The molecule has 0 saturated heterocycles. The third-order valence-electron chi connectivity index (χ3n) is 3.20. The van der Waals surface area contributed by atoms with Gasteiger partial charge in [-0.1, -0.05) is 24.3 Å². The summed E-state index contributed by atoms with van der Waals surface area (Å²) in [7, 11) is 1.45. The summed E-state index contributed by atoms with van der Waals surface area (Å²) in [5.41, 5.74) is 5.21. The van der Waals surface area contributed by atoms with Crippen molar-refractivity contribution in [3.8, 4) is 5.75 Å². The normalized spacial score (nSPS) is 9.84. The molecule has 25 heavy (non-hydrogen) atoms. The predicted molar refractivity (Wildman–Crippen MR) is 95.1 cm³/mol. The van der Waals surface area contributed by atoms with E-state index in [2.05, 4.69) is 32.1 Å². The van der Waals surface area contributed by atoms with Crippen LogP contribution in [-0.2, 0) is 4.79 Å². The molecule has 2 rings (SSSR count). The van der Waals surface area contributed by atoms with Crippen molar-refractivity contribution in [2.24, 2.45) is 0 Å². The zero-order chi connectivity index (χ0) is 18.2. The number of carbonyl (C=O) groups is 3. The van der Waals surface area contributed by atoms with E-state index >= 15 is 0 Å². The van der Waals surface area contributed by atoms with Crippen LogP contribution in [0.25, 0.3) is 0 Å². The number of hydrogen-bond donors (Lipinski definition) is 3. The van der Waals surface area contributed by atoms with Crippen molar-refractivity contribution in [1.82, 2.24) is 16.2 Å². The maximum Gasteiger partial charge on any atom is 0.270 e. The largest absolute Gasteiger partial charge is 0.496 e. The van der Waals surface area contributed by atoms with Crippen molar-refractivity contribution in [3.05, 3.63) is 64.1 Å². The Labute approximate surface area is 152 Å². The molecule has 0 aliphatic carbocycles. The van der Waals surface area contributed by atoms with Crippen molar-refractivity contribution < 1.29 is 19.1 Å². The van der Waals surface area contributed by atoms with Gasteiger partial charge in [0.2, 0.25) is 0 Å². The smallest absolute Gasteiger partial charge is 0.270 e. The molecular formula is C17H16BrN3O4. The van der Waals surface area contributed by atoms with Crippen LogP contribution in [0.3, 0.4) is 0 Å². The maximum atomic E-state index is 12.1. The van der Waals surface area contributed by atoms with Gasteiger partial charge in [0.15, 0.2) is 0 Å². The van der Waals surface area contributed by atoms with Crippen LogP contribution in [-0.4, -0.2) is 31.4 Å². The molecule has 0 aromatic heterocycles. The van der Waals surface area contributed by atoms with Crippen LogP contribution in [0.1, 0.15) is 20.7 Å². The van der Waals surface area contributed by atoms with E-state index < -0.39 is 17.7 Å². The van der Waals surface area contributed by atoms with Gasteiger partial charge >= 0.3 is 0 Å². The number of halogens is 1. The van der Waals surface area contributed by atoms with Gasteiger partial charge in [0, 0.05) is 4.47 Å². The van der Waals surface area contributed by atoms with Crippen molar-refractivity contribution in [2.75, 3.05) is 13.7 Å². The lowest BCUT2D eigenvalue weighted by molar-refractivity contribution is -0.120. The molecular weight excluding hydrogens is 390 g/mol. The molecule has 130 valence electrons. The van der Waals surface area contributed by atoms with Gasteiger partial charge in [0.05, 0.1) is 24.8 Å². The number of carbonyl (C=O) groups excluding carboxylic acids is 3. The van der Waals surface area contributed by atoms with E-state index in [0.717, 1.165) is 0 Å². The summed E-state index contributed by atoms with van der Waals surface area (Å²) in [5, 5.41) is 2.46. The molecule has 0 radical (unpaired) electrons. The van der Waals surface area contributed by atoms with Gasteiger partial charge in [-0.25, -0.2) is 0 Å². The van der Waals surface area contributed by atoms with E-state index in [4.69, 9.17) is 4.74 Å². The Kier molecular flexibility index (Phi) is 6.53. The van der Waals surface area contributed by atoms with Gasteiger partial charge in [0.25, 0.3) is 17.7 Å². The van der Waals surface area contributed by atoms with Crippen LogP contribution in [0.5, 0.6) is 5.75 Å². The molecule has 0 unspecified atom stereocenters. The quantitative estimate of drug-likeness (QED) is 0.658. The number of nitrogens with one attached hydrogen (secondary N) is 3. The number of rotatable bonds is 5. The minimum absolute atomic E-state index is 0.298. The van der Waals surface area contributed by atoms with E-state index in [9.17, 15) is 14.4 Å². The van der Waals surface area contributed by atoms with E-state index in [0.29, 0.717) is 21.3 Å². The third kappa shape index (κ3) is 5.05. The second-order valence-corrected chi connectivity index (χ2v) is 5.72. The standard InChI is InChI=1S/C17H16BrN3O4/c1-25-14-9-5-3-7-12(14)16(23)19-10-15(22)20-21-17(24)11-6-2-4-8-13(11)18/h2-9H,10H2,1H3,(H,19,23)(H,20,22)(H,21,24). The first-order valence-electron chi connectivity index (χ1n) is 7.28. The first-order chi connectivity index (χ1) is 12.0. The highest BCUT2D eigenvalue weighted by Crippen LogP contribution is 2.16. The summed E-state index contributed by atoms with van der Waals surface area (Å²) in [6, 6.07) is 13.4. The Balaban J connectivity index is 1.84. The Morgan fingerprint density at radius 1 is 0.920 bits per heavy atom. The average molecular weight is 406 g/mol. The molecule has 0 fully saturated rings. The fourth-order valence-electron chi connectivity index (χ4n) is 1.97. The lowest BCUT2D eigenvalue weighted by Gasteiger charge is -2.10. The van der Waals surface area contributed by atoms with E-state index in [1.807, 2.05) is 0 Å². The highest BCUT2D eigenvalue weighted by molar-refractivity contribution is 9.10. The number of benzene rings is 2.